The van der Waals surface area contributed by atoms with E-state index in [0.717, 1.165) is 27.8 Å². The fourth-order valence-corrected chi connectivity index (χ4v) is 3.06. The first kappa shape index (κ1) is 14.7. The summed E-state index contributed by atoms with van der Waals surface area (Å²) in [5.41, 5.74) is 5.35. The van der Waals surface area contributed by atoms with Gasteiger partial charge >= 0.3 is 0 Å². The molecule has 1 unspecified atom stereocenters. The number of nitrogens with zero attached hydrogens (tertiary/aromatic N) is 2. The molecule has 0 radical (unpaired) electrons. The maximum Gasteiger partial charge on any atom is 0.232 e. The molecule has 1 heterocycles. The predicted molar refractivity (Wildman–Crippen MR) is 84.3 cm³/mol. The third kappa shape index (κ3) is 3.02. The maximum atomic E-state index is 10.8. The Morgan fingerprint density at radius 2 is 2.05 bits per heavy atom. The van der Waals surface area contributed by atoms with Gasteiger partial charge in [-0.3, -0.25) is 4.55 Å². The molecule has 1 aliphatic rings. The lowest BCUT2D eigenvalue weighted by Gasteiger charge is -2.11. The number of fused-ring (bicyclic) bond motifs is 1. The van der Waals surface area contributed by atoms with Crippen LogP contribution >= 0.6 is 0 Å². The molecule has 0 saturated carbocycles. The van der Waals surface area contributed by atoms with Crippen LogP contribution in [0.15, 0.2) is 42.5 Å². The molecule has 3 rings (SSSR count). The van der Waals surface area contributed by atoms with Crippen LogP contribution in [0.3, 0.4) is 0 Å². The van der Waals surface area contributed by atoms with Crippen LogP contribution in [0.1, 0.15) is 16.7 Å². The summed E-state index contributed by atoms with van der Waals surface area (Å²) >= 11 is -2.04. The molecular weight excluding hydrogens is 298 g/mol. The highest BCUT2D eigenvalue weighted by atomic mass is 32.2. The van der Waals surface area contributed by atoms with Crippen molar-refractivity contribution in [2.24, 2.45) is 0 Å². The number of nitriles is 1. The van der Waals surface area contributed by atoms with Crippen LogP contribution in [0.25, 0.3) is 11.1 Å². The molecule has 0 saturated heterocycles. The van der Waals surface area contributed by atoms with E-state index in [9.17, 15) is 4.21 Å². The van der Waals surface area contributed by atoms with Crippen LogP contribution < -0.4 is 4.72 Å². The second-order valence-corrected chi connectivity index (χ2v) is 5.96. The molecule has 0 bridgehead atoms. The maximum absolute atomic E-state index is 10.8. The van der Waals surface area contributed by atoms with Crippen LogP contribution in [-0.2, 0) is 30.9 Å². The molecule has 0 aliphatic carbocycles. The Labute approximate surface area is 131 Å². The lowest BCUT2D eigenvalue weighted by atomic mass is 9.94. The first-order valence-corrected chi connectivity index (χ1v) is 7.97. The highest BCUT2D eigenvalue weighted by Crippen LogP contribution is 2.33. The average Bonchev–Trinajstić information content (AvgIpc) is 2.96. The van der Waals surface area contributed by atoms with Crippen molar-refractivity contribution in [3.8, 4) is 17.3 Å². The molecular formula is C16H15N3O2S. The van der Waals surface area contributed by atoms with Gasteiger partial charge in [-0.2, -0.15) is 5.26 Å². The first-order valence-electron chi connectivity index (χ1n) is 6.86. The van der Waals surface area contributed by atoms with Crippen LogP contribution in [0.4, 0.5) is 0 Å². The quantitative estimate of drug-likeness (QED) is 0.671. The van der Waals surface area contributed by atoms with E-state index in [1.807, 2.05) is 42.5 Å². The Hall–Kier alpha value is -2.20. The van der Waals surface area contributed by atoms with Crippen molar-refractivity contribution in [3.63, 3.8) is 0 Å². The molecule has 5 nitrogen and oxygen atoms in total. The van der Waals surface area contributed by atoms with E-state index in [-0.39, 0.29) is 0 Å². The van der Waals surface area contributed by atoms with E-state index < -0.39 is 11.3 Å². The van der Waals surface area contributed by atoms with E-state index >= 15 is 0 Å². The van der Waals surface area contributed by atoms with Crippen LogP contribution in [0.2, 0.25) is 0 Å². The molecule has 2 aromatic rings. The van der Waals surface area contributed by atoms with Crippen LogP contribution in [0, 0.1) is 11.5 Å². The Bertz CT molecular complexity index is 756. The van der Waals surface area contributed by atoms with Crippen molar-refractivity contribution in [1.82, 2.24) is 9.62 Å². The molecule has 2 N–H and O–H groups in total. The third-order valence-electron chi connectivity index (χ3n) is 3.74. The standard InChI is InChI=1S/C16H15N3O2S/c17-11-19-9-14-6-12(8-18-22(20)21)7-15(16(14)10-19)13-4-2-1-3-5-13/h1-7,18H,8-10H2,(H,20,21). The fraction of sp³-hybridized carbons (Fsp3) is 0.188. The van der Waals surface area contributed by atoms with Crippen molar-refractivity contribution in [2.75, 3.05) is 0 Å². The minimum Gasteiger partial charge on any atom is -0.302 e. The zero-order valence-electron chi connectivity index (χ0n) is 11.8. The number of hydrogen-bond acceptors (Lipinski definition) is 3. The summed E-state index contributed by atoms with van der Waals surface area (Å²) in [6.07, 6.45) is 2.19. The Balaban J connectivity index is 2.04. The summed E-state index contributed by atoms with van der Waals surface area (Å²) in [5, 5.41) is 9.14. The topological polar surface area (TPSA) is 76.4 Å². The molecule has 2 aromatic carbocycles. The van der Waals surface area contributed by atoms with E-state index in [2.05, 4.69) is 10.9 Å². The Kier molecular flexibility index (Phi) is 4.20. The van der Waals surface area contributed by atoms with E-state index in [1.54, 1.807) is 4.90 Å². The lowest BCUT2D eigenvalue weighted by molar-refractivity contribution is 0.417. The summed E-state index contributed by atoms with van der Waals surface area (Å²) in [4.78, 5) is 1.71. The SMILES string of the molecule is N#CN1Cc2cc(CNS(=O)O)cc(-c3ccccc3)c2C1. The van der Waals surface area contributed by atoms with Crippen LogP contribution in [-0.4, -0.2) is 13.7 Å². The zero-order chi connectivity index (χ0) is 15.5. The minimum absolute atomic E-state index is 0.308. The average molecular weight is 313 g/mol. The van der Waals surface area contributed by atoms with Gasteiger partial charge in [0.1, 0.15) is 0 Å². The molecule has 0 spiro atoms. The molecule has 1 atom stereocenters. The normalized spacial score (nSPS) is 14.5. The van der Waals surface area contributed by atoms with Crippen molar-refractivity contribution in [3.05, 3.63) is 59.2 Å². The summed E-state index contributed by atoms with van der Waals surface area (Å²) in [7, 11) is 0. The fourth-order valence-electron chi connectivity index (χ4n) is 2.77. The van der Waals surface area contributed by atoms with Gasteiger partial charge in [0.15, 0.2) is 6.19 Å². The lowest BCUT2D eigenvalue weighted by Crippen LogP contribution is -2.15. The largest absolute Gasteiger partial charge is 0.302 e. The summed E-state index contributed by atoms with van der Waals surface area (Å²) < 4.78 is 22.2. The molecule has 0 fully saturated rings. The van der Waals surface area contributed by atoms with E-state index in [4.69, 9.17) is 9.81 Å². The monoisotopic (exact) mass is 313 g/mol. The summed E-state index contributed by atoms with van der Waals surface area (Å²) in [5.74, 6) is 0. The van der Waals surface area contributed by atoms with E-state index in [0.29, 0.717) is 19.6 Å². The molecule has 0 amide bonds. The highest BCUT2D eigenvalue weighted by molar-refractivity contribution is 7.77. The highest BCUT2D eigenvalue weighted by Gasteiger charge is 2.22. The second kappa shape index (κ2) is 6.28. The first-order chi connectivity index (χ1) is 10.7. The predicted octanol–water partition coefficient (Wildman–Crippen LogP) is 2.38. The van der Waals surface area contributed by atoms with Gasteiger partial charge in [-0.1, -0.05) is 36.4 Å². The van der Waals surface area contributed by atoms with Crippen molar-refractivity contribution >= 4 is 11.3 Å². The minimum atomic E-state index is -2.04. The van der Waals surface area contributed by atoms with Crippen molar-refractivity contribution in [2.45, 2.75) is 19.6 Å². The number of benzene rings is 2. The number of nitrogens with one attached hydrogen (secondary N) is 1. The van der Waals surface area contributed by atoms with E-state index in [1.165, 1.54) is 0 Å². The van der Waals surface area contributed by atoms with Crippen LogP contribution in [0.5, 0.6) is 0 Å². The van der Waals surface area contributed by atoms with Gasteiger partial charge in [0.05, 0.1) is 13.1 Å². The Morgan fingerprint density at radius 3 is 2.73 bits per heavy atom. The van der Waals surface area contributed by atoms with Gasteiger partial charge in [-0.05, 0) is 33.9 Å². The van der Waals surface area contributed by atoms with Crippen molar-refractivity contribution < 1.29 is 8.76 Å². The number of rotatable bonds is 4. The van der Waals surface area contributed by atoms with Gasteiger partial charge in [-0.25, -0.2) is 8.93 Å². The zero-order valence-corrected chi connectivity index (χ0v) is 12.6. The smallest absolute Gasteiger partial charge is 0.232 e. The molecule has 0 aromatic heterocycles. The molecule has 1 aliphatic heterocycles. The van der Waals surface area contributed by atoms with Gasteiger partial charge in [0.25, 0.3) is 0 Å². The van der Waals surface area contributed by atoms with Gasteiger partial charge in [0, 0.05) is 6.54 Å². The van der Waals surface area contributed by atoms with Gasteiger partial charge < -0.3 is 4.90 Å². The number of hydrogen-bond donors (Lipinski definition) is 2. The van der Waals surface area contributed by atoms with Gasteiger partial charge in [0.2, 0.25) is 11.3 Å². The third-order valence-corrected chi connectivity index (χ3v) is 4.13. The van der Waals surface area contributed by atoms with Crippen molar-refractivity contribution in [1.29, 1.82) is 5.26 Å². The van der Waals surface area contributed by atoms with Gasteiger partial charge in [-0.15, -0.1) is 0 Å². The molecule has 112 valence electrons. The summed E-state index contributed by atoms with van der Waals surface area (Å²) in [6.45, 7) is 1.50. The molecule has 6 heteroatoms. The summed E-state index contributed by atoms with van der Waals surface area (Å²) in [6, 6.07) is 14.0. The Morgan fingerprint density at radius 1 is 1.27 bits per heavy atom. The molecule has 22 heavy (non-hydrogen) atoms. The second-order valence-electron chi connectivity index (χ2n) is 5.17.